The molecule has 0 unspecified atom stereocenters. The van der Waals surface area contributed by atoms with E-state index in [1.807, 2.05) is 18.7 Å². The highest BCUT2D eigenvalue weighted by Crippen LogP contribution is 2.30. The van der Waals surface area contributed by atoms with E-state index < -0.39 is 11.7 Å². The second-order valence-corrected chi connectivity index (χ2v) is 7.88. The number of amides is 1. The molecule has 3 aromatic rings. The van der Waals surface area contributed by atoms with Gasteiger partial charge >= 0.3 is 6.18 Å². The fourth-order valence-corrected chi connectivity index (χ4v) is 3.63. The van der Waals surface area contributed by atoms with Crippen LogP contribution in [-0.4, -0.2) is 52.1 Å². The number of rotatable bonds is 3. The molecule has 1 saturated heterocycles. The average molecular weight is 433 g/mol. The van der Waals surface area contributed by atoms with E-state index in [-0.39, 0.29) is 11.8 Å². The molecule has 0 N–H and O–H groups in total. The lowest BCUT2D eigenvalue weighted by Gasteiger charge is -2.35. The molecule has 1 fully saturated rings. The second kappa shape index (κ2) is 7.82. The number of nitrogens with zero attached hydrogens (tertiary/aromatic N) is 5. The van der Waals surface area contributed by atoms with Gasteiger partial charge in [-0.05, 0) is 31.0 Å². The lowest BCUT2D eigenvalue weighted by molar-refractivity contribution is -0.137. The second-order valence-electron chi connectivity index (χ2n) is 7.88. The van der Waals surface area contributed by atoms with Crippen molar-refractivity contribution in [1.82, 2.24) is 20.0 Å². The van der Waals surface area contributed by atoms with Crippen molar-refractivity contribution in [2.75, 3.05) is 31.1 Å². The third-order valence-corrected chi connectivity index (χ3v) is 5.42. The largest absolute Gasteiger partial charge is 0.417 e. The summed E-state index contributed by atoms with van der Waals surface area (Å²) in [6.45, 7) is 7.53. The first-order chi connectivity index (χ1) is 14.6. The van der Waals surface area contributed by atoms with Crippen LogP contribution in [0.4, 0.5) is 19.0 Å². The summed E-state index contributed by atoms with van der Waals surface area (Å²) in [6.07, 6.45) is -3.58. The lowest BCUT2D eigenvalue weighted by atomic mass is 10.0. The van der Waals surface area contributed by atoms with Crippen molar-refractivity contribution in [3.05, 3.63) is 46.9 Å². The molecule has 0 aromatic carbocycles. The summed E-state index contributed by atoms with van der Waals surface area (Å²) in [5, 5.41) is 4.57. The zero-order valence-corrected chi connectivity index (χ0v) is 17.4. The van der Waals surface area contributed by atoms with Gasteiger partial charge in [-0.3, -0.25) is 4.79 Å². The van der Waals surface area contributed by atoms with Gasteiger partial charge < -0.3 is 14.3 Å². The molecule has 0 bridgehead atoms. The Morgan fingerprint density at radius 1 is 1.16 bits per heavy atom. The Morgan fingerprint density at radius 3 is 2.45 bits per heavy atom. The average Bonchev–Trinajstić information content (AvgIpc) is 3.13. The fraction of sp³-hybridized carbons (Fsp3) is 0.429. The normalized spacial score (nSPS) is 15.2. The zero-order valence-electron chi connectivity index (χ0n) is 17.4. The van der Waals surface area contributed by atoms with Crippen molar-refractivity contribution < 1.29 is 22.5 Å². The Balaban J connectivity index is 1.52. The first-order valence-electron chi connectivity index (χ1n) is 9.99. The lowest BCUT2D eigenvalue weighted by Crippen LogP contribution is -2.49. The summed E-state index contributed by atoms with van der Waals surface area (Å²) >= 11 is 0. The Morgan fingerprint density at radius 2 is 1.87 bits per heavy atom. The van der Waals surface area contributed by atoms with Crippen LogP contribution in [0.1, 0.15) is 47.1 Å². The number of hydrogen-bond acceptors (Lipinski definition) is 6. The number of fused-ring (bicyclic) bond motifs is 1. The highest BCUT2D eigenvalue weighted by atomic mass is 19.4. The highest BCUT2D eigenvalue weighted by Gasteiger charge is 2.31. The van der Waals surface area contributed by atoms with E-state index in [0.717, 1.165) is 18.0 Å². The topological polar surface area (TPSA) is 75.4 Å². The van der Waals surface area contributed by atoms with Gasteiger partial charge in [0.15, 0.2) is 0 Å². The molecule has 164 valence electrons. The first-order valence-corrected chi connectivity index (χ1v) is 9.99. The van der Waals surface area contributed by atoms with E-state index in [1.165, 1.54) is 6.07 Å². The van der Waals surface area contributed by atoms with E-state index in [2.05, 4.69) is 15.1 Å². The van der Waals surface area contributed by atoms with Crippen molar-refractivity contribution in [1.29, 1.82) is 0 Å². The van der Waals surface area contributed by atoms with Crippen LogP contribution in [0.15, 0.2) is 28.9 Å². The summed E-state index contributed by atoms with van der Waals surface area (Å²) in [6, 6.07) is 4.18. The summed E-state index contributed by atoms with van der Waals surface area (Å²) in [4.78, 5) is 25.3. The van der Waals surface area contributed by atoms with Crippen molar-refractivity contribution in [3.63, 3.8) is 0 Å². The third kappa shape index (κ3) is 4.06. The van der Waals surface area contributed by atoms with Gasteiger partial charge in [0.25, 0.3) is 11.6 Å². The van der Waals surface area contributed by atoms with Gasteiger partial charge in [-0.1, -0.05) is 19.0 Å². The molecule has 1 aliphatic rings. The predicted octanol–water partition coefficient (Wildman–Crippen LogP) is 4.03. The molecule has 1 amide bonds. The molecule has 1 aliphatic heterocycles. The van der Waals surface area contributed by atoms with E-state index in [9.17, 15) is 18.0 Å². The molecule has 0 radical (unpaired) electrons. The van der Waals surface area contributed by atoms with Gasteiger partial charge in [0.1, 0.15) is 5.82 Å². The molecular weight excluding hydrogens is 411 g/mol. The van der Waals surface area contributed by atoms with Crippen LogP contribution in [0.3, 0.4) is 0 Å². The molecule has 4 rings (SSSR count). The fourth-order valence-electron chi connectivity index (χ4n) is 3.63. The molecule has 0 atom stereocenters. The number of hydrogen-bond donors (Lipinski definition) is 0. The Hall–Kier alpha value is -3.17. The van der Waals surface area contributed by atoms with Crippen molar-refractivity contribution in [2.45, 2.75) is 32.9 Å². The molecule has 0 aliphatic carbocycles. The minimum Gasteiger partial charge on any atom is -0.353 e. The van der Waals surface area contributed by atoms with Crippen LogP contribution in [0, 0.1) is 6.92 Å². The molecule has 7 nitrogen and oxygen atoms in total. The number of carbonyl (C=O) groups excluding carboxylic acids is 1. The summed E-state index contributed by atoms with van der Waals surface area (Å²) in [5.74, 6) is 0.438. The van der Waals surface area contributed by atoms with E-state index in [1.54, 1.807) is 17.9 Å². The molecule has 0 saturated carbocycles. The van der Waals surface area contributed by atoms with Crippen molar-refractivity contribution >= 4 is 22.8 Å². The third-order valence-electron chi connectivity index (χ3n) is 5.42. The van der Waals surface area contributed by atoms with E-state index >= 15 is 0 Å². The Kier molecular flexibility index (Phi) is 5.32. The van der Waals surface area contributed by atoms with Crippen LogP contribution in [0.25, 0.3) is 11.1 Å². The van der Waals surface area contributed by atoms with Gasteiger partial charge in [-0.2, -0.15) is 13.2 Å². The zero-order chi connectivity index (χ0) is 22.3. The van der Waals surface area contributed by atoms with Crippen LogP contribution < -0.4 is 4.90 Å². The minimum atomic E-state index is -4.42. The van der Waals surface area contributed by atoms with E-state index in [4.69, 9.17) is 4.52 Å². The van der Waals surface area contributed by atoms with Gasteiger partial charge in [-0.15, -0.1) is 0 Å². The number of pyridine rings is 2. The first kappa shape index (κ1) is 21.1. The molecular formula is C21H22F3N5O2. The van der Waals surface area contributed by atoms with Gasteiger partial charge in [-0.25, -0.2) is 9.97 Å². The predicted molar refractivity (Wildman–Crippen MR) is 108 cm³/mol. The maximum absolute atomic E-state index is 13.3. The summed E-state index contributed by atoms with van der Waals surface area (Å²) in [7, 11) is 0. The number of anilines is 1. The van der Waals surface area contributed by atoms with Crippen LogP contribution in [0.2, 0.25) is 0 Å². The number of halogens is 3. The molecule has 0 spiro atoms. The maximum atomic E-state index is 13.3. The quantitative estimate of drug-likeness (QED) is 0.621. The maximum Gasteiger partial charge on any atom is 0.417 e. The monoisotopic (exact) mass is 433 g/mol. The van der Waals surface area contributed by atoms with Gasteiger partial charge in [0, 0.05) is 38.1 Å². The number of alkyl halides is 3. The summed E-state index contributed by atoms with van der Waals surface area (Å²) < 4.78 is 43.5. The van der Waals surface area contributed by atoms with Crippen LogP contribution in [-0.2, 0) is 6.18 Å². The number of aryl methyl sites for hydroxylation is 1. The minimum absolute atomic E-state index is 0.115. The van der Waals surface area contributed by atoms with E-state index in [0.29, 0.717) is 54.4 Å². The van der Waals surface area contributed by atoms with Crippen molar-refractivity contribution in [3.8, 4) is 0 Å². The number of piperazine rings is 1. The van der Waals surface area contributed by atoms with Gasteiger partial charge in [0.2, 0.25) is 0 Å². The van der Waals surface area contributed by atoms with Crippen LogP contribution >= 0.6 is 0 Å². The molecule has 10 heteroatoms. The van der Waals surface area contributed by atoms with Crippen molar-refractivity contribution in [2.24, 2.45) is 0 Å². The highest BCUT2D eigenvalue weighted by molar-refractivity contribution is 6.06. The standard InChI is InChI=1S/C21H22F3N5O2/c1-12(2)16-10-15(18-13(3)27-31-19(18)26-16)20(30)29-8-6-28(7-9-29)17-5-4-14(11-25-17)21(22,23)24/h4-5,10-12H,6-9H2,1-3H3. The van der Waals surface area contributed by atoms with Gasteiger partial charge in [0.05, 0.1) is 22.2 Å². The Labute approximate surface area is 176 Å². The molecule has 4 heterocycles. The number of aromatic nitrogens is 3. The smallest absolute Gasteiger partial charge is 0.353 e. The Bertz CT molecular complexity index is 1100. The molecule has 31 heavy (non-hydrogen) atoms. The SMILES string of the molecule is Cc1noc2nc(C(C)C)cc(C(=O)N3CCN(c4ccc(C(F)(F)F)cn4)CC3)c12. The summed E-state index contributed by atoms with van der Waals surface area (Å²) in [5.41, 5.74) is 1.43. The number of carbonyl (C=O) groups is 1. The van der Waals surface area contributed by atoms with Crippen LogP contribution in [0.5, 0.6) is 0 Å². The molecule has 3 aromatic heterocycles.